The number of nitrogens with zero attached hydrogens (tertiary/aromatic N) is 2. The van der Waals surface area contributed by atoms with Crippen molar-refractivity contribution in [1.29, 1.82) is 0 Å². The summed E-state index contributed by atoms with van der Waals surface area (Å²) in [6.07, 6.45) is 11.8. The number of aryl methyl sites for hydroxylation is 1. The van der Waals surface area contributed by atoms with E-state index in [-0.39, 0.29) is 23.3 Å². The summed E-state index contributed by atoms with van der Waals surface area (Å²) < 4.78 is 0. The zero-order chi connectivity index (χ0) is 23.7. The summed E-state index contributed by atoms with van der Waals surface area (Å²) in [5.41, 5.74) is 2.95. The molecule has 2 aliphatic heterocycles. The van der Waals surface area contributed by atoms with Crippen LogP contribution >= 0.6 is 0 Å². The average molecular weight is 468 g/mol. The molecule has 34 heavy (non-hydrogen) atoms. The molecule has 1 aromatic rings. The van der Waals surface area contributed by atoms with E-state index < -0.39 is 0 Å². The van der Waals surface area contributed by atoms with Gasteiger partial charge in [0.25, 0.3) is 0 Å². The molecule has 6 heteroatoms. The summed E-state index contributed by atoms with van der Waals surface area (Å²) in [4.78, 5) is 30.9. The van der Waals surface area contributed by atoms with Gasteiger partial charge in [-0.2, -0.15) is 0 Å². The monoisotopic (exact) mass is 467 g/mol. The second-order valence-electron chi connectivity index (χ2n) is 11.3. The van der Waals surface area contributed by atoms with Gasteiger partial charge in [0.15, 0.2) is 0 Å². The second-order valence-corrected chi connectivity index (χ2v) is 11.3. The fourth-order valence-electron chi connectivity index (χ4n) is 6.98. The Labute approximate surface area is 204 Å². The van der Waals surface area contributed by atoms with Crippen molar-refractivity contribution in [2.24, 2.45) is 11.3 Å². The standard InChI is InChI=1S/C28H41N3O3/c1-20-18-22(29-26(33)21-6-3-2-4-7-21)8-13-25(20)30-16-5-14-28(19-30)15-17-31(27(28)34)23-9-11-24(32)12-10-23/h8,13,18,21,23-24,32H,2-7,9-12,14-17,19H2,1H3,(H,29,33)/t23-,24-,28?. The van der Waals surface area contributed by atoms with Crippen LogP contribution in [0.15, 0.2) is 18.2 Å². The molecule has 2 heterocycles. The average Bonchev–Trinajstić information content (AvgIpc) is 3.15. The Hall–Kier alpha value is -2.08. The Kier molecular flexibility index (Phi) is 6.88. The maximum absolute atomic E-state index is 13.6. The molecule has 0 aromatic heterocycles. The molecule has 1 atom stereocenters. The summed E-state index contributed by atoms with van der Waals surface area (Å²) in [5.74, 6) is 0.655. The smallest absolute Gasteiger partial charge is 0.230 e. The van der Waals surface area contributed by atoms with E-state index in [1.165, 1.54) is 12.1 Å². The summed E-state index contributed by atoms with van der Waals surface area (Å²) in [6, 6.07) is 6.55. The predicted molar refractivity (Wildman–Crippen MR) is 135 cm³/mol. The lowest BCUT2D eigenvalue weighted by Crippen LogP contribution is -2.50. The summed E-state index contributed by atoms with van der Waals surface area (Å²) >= 11 is 0. The first kappa shape index (κ1) is 23.7. The van der Waals surface area contributed by atoms with Gasteiger partial charge in [-0.3, -0.25) is 9.59 Å². The van der Waals surface area contributed by atoms with Gasteiger partial charge in [-0.1, -0.05) is 19.3 Å². The van der Waals surface area contributed by atoms with E-state index in [1.54, 1.807) is 0 Å². The predicted octanol–water partition coefficient (Wildman–Crippen LogP) is 4.64. The van der Waals surface area contributed by atoms with Crippen molar-refractivity contribution in [1.82, 2.24) is 4.90 Å². The zero-order valence-electron chi connectivity index (χ0n) is 20.7. The van der Waals surface area contributed by atoms with Crippen molar-refractivity contribution in [2.75, 3.05) is 29.9 Å². The van der Waals surface area contributed by atoms with E-state index in [0.29, 0.717) is 11.9 Å². The van der Waals surface area contributed by atoms with Crippen molar-refractivity contribution in [3.63, 3.8) is 0 Å². The highest BCUT2D eigenvalue weighted by atomic mass is 16.3. The third-order valence-electron chi connectivity index (χ3n) is 9.01. The van der Waals surface area contributed by atoms with Crippen LogP contribution in [0.2, 0.25) is 0 Å². The van der Waals surface area contributed by atoms with Gasteiger partial charge in [0.05, 0.1) is 11.5 Å². The largest absolute Gasteiger partial charge is 0.393 e. The Balaban J connectivity index is 1.24. The van der Waals surface area contributed by atoms with E-state index in [9.17, 15) is 14.7 Å². The summed E-state index contributed by atoms with van der Waals surface area (Å²) in [6.45, 7) is 4.73. The Bertz CT molecular complexity index is 904. The molecule has 2 N–H and O–H groups in total. The van der Waals surface area contributed by atoms with Crippen LogP contribution in [0.3, 0.4) is 0 Å². The summed E-state index contributed by atoms with van der Waals surface area (Å²) in [5, 5.41) is 13.0. The number of amides is 2. The van der Waals surface area contributed by atoms with Crippen molar-refractivity contribution in [2.45, 2.75) is 96.1 Å². The SMILES string of the molecule is Cc1cc(NC(=O)C2CCCCC2)ccc1N1CCCC2(CCN([C@H]3CC[C@H](O)CC3)C2=O)C1. The topological polar surface area (TPSA) is 72.9 Å². The molecule has 186 valence electrons. The normalized spacial score (nSPS) is 30.7. The van der Waals surface area contributed by atoms with Crippen LogP contribution in [0.1, 0.15) is 82.6 Å². The first-order valence-corrected chi connectivity index (χ1v) is 13.6. The highest BCUT2D eigenvalue weighted by Gasteiger charge is 2.50. The van der Waals surface area contributed by atoms with Crippen molar-refractivity contribution < 1.29 is 14.7 Å². The first-order valence-electron chi connectivity index (χ1n) is 13.6. The van der Waals surface area contributed by atoms with Crippen LogP contribution in [-0.4, -0.2) is 53.6 Å². The maximum Gasteiger partial charge on any atom is 0.230 e. The molecule has 0 radical (unpaired) electrons. The molecule has 2 aliphatic carbocycles. The molecular formula is C28H41N3O3. The number of aliphatic hydroxyl groups is 1. The number of hydrogen-bond acceptors (Lipinski definition) is 4. The number of hydrogen-bond donors (Lipinski definition) is 2. The number of anilines is 2. The van der Waals surface area contributed by atoms with E-state index in [2.05, 4.69) is 34.2 Å². The first-order chi connectivity index (χ1) is 16.4. The number of piperidine rings is 1. The van der Waals surface area contributed by atoms with Gasteiger partial charge in [-0.15, -0.1) is 0 Å². The number of rotatable bonds is 4. The molecule has 1 spiro atoms. The lowest BCUT2D eigenvalue weighted by molar-refractivity contribution is -0.139. The van der Waals surface area contributed by atoms with E-state index >= 15 is 0 Å². The van der Waals surface area contributed by atoms with Gasteiger partial charge in [0.2, 0.25) is 11.8 Å². The van der Waals surface area contributed by atoms with Gasteiger partial charge in [-0.05, 0) is 88.5 Å². The van der Waals surface area contributed by atoms with Crippen molar-refractivity contribution in [3.8, 4) is 0 Å². The minimum Gasteiger partial charge on any atom is -0.393 e. The van der Waals surface area contributed by atoms with Crippen molar-refractivity contribution >= 4 is 23.2 Å². The number of benzene rings is 1. The number of carbonyl (C=O) groups is 2. The molecule has 4 aliphatic rings. The zero-order valence-corrected chi connectivity index (χ0v) is 20.7. The number of likely N-dealkylation sites (tertiary alicyclic amines) is 1. The molecule has 2 saturated heterocycles. The lowest BCUT2D eigenvalue weighted by atomic mass is 9.78. The van der Waals surface area contributed by atoms with Crippen LogP contribution in [0, 0.1) is 18.3 Å². The molecule has 1 aromatic carbocycles. The van der Waals surface area contributed by atoms with E-state index in [4.69, 9.17) is 0 Å². The fourth-order valence-corrected chi connectivity index (χ4v) is 6.98. The van der Waals surface area contributed by atoms with Gasteiger partial charge in [-0.25, -0.2) is 0 Å². The summed E-state index contributed by atoms with van der Waals surface area (Å²) in [7, 11) is 0. The van der Waals surface area contributed by atoms with Crippen LogP contribution in [0.5, 0.6) is 0 Å². The van der Waals surface area contributed by atoms with Crippen LogP contribution < -0.4 is 10.2 Å². The number of nitrogens with one attached hydrogen (secondary N) is 1. The quantitative estimate of drug-likeness (QED) is 0.677. The minimum absolute atomic E-state index is 0.152. The molecule has 5 rings (SSSR count). The minimum atomic E-state index is -0.269. The van der Waals surface area contributed by atoms with E-state index in [1.807, 2.05) is 6.07 Å². The molecule has 1 unspecified atom stereocenters. The lowest BCUT2D eigenvalue weighted by Gasteiger charge is -2.42. The van der Waals surface area contributed by atoms with Crippen molar-refractivity contribution in [3.05, 3.63) is 23.8 Å². The second kappa shape index (κ2) is 9.88. The van der Waals surface area contributed by atoms with Gasteiger partial charge < -0.3 is 20.2 Å². The number of aliphatic hydroxyl groups excluding tert-OH is 1. The highest BCUT2D eigenvalue weighted by molar-refractivity contribution is 5.93. The van der Waals surface area contributed by atoms with Gasteiger partial charge >= 0.3 is 0 Å². The molecular weight excluding hydrogens is 426 g/mol. The highest BCUT2D eigenvalue weighted by Crippen LogP contribution is 2.44. The molecule has 4 fully saturated rings. The van der Waals surface area contributed by atoms with Gasteiger partial charge in [0.1, 0.15) is 0 Å². The van der Waals surface area contributed by atoms with Crippen LogP contribution in [0.4, 0.5) is 11.4 Å². The van der Waals surface area contributed by atoms with E-state index in [0.717, 1.165) is 102 Å². The van der Waals surface area contributed by atoms with Crippen LogP contribution in [0.25, 0.3) is 0 Å². The maximum atomic E-state index is 13.6. The number of carbonyl (C=O) groups excluding carboxylic acids is 2. The third kappa shape index (κ3) is 4.71. The van der Waals surface area contributed by atoms with Gasteiger partial charge in [0, 0.05) is 43.0 Å². The Morgan fingerprint density at radius 2 is 1.76 bits per heavy atom. The molecule has 0 bridgehead atoms. The molecule has 2 saturated carbocycles. The molecule has 2 amide bonds. The third-order valence-corrected chi connectivity index (χ3v) is 9.01. The Morgan fingerprint density at radius 1 is 1.00 bits per heavy atom. The fraction of sp³-hybridized carbons (Fsp3) is 0.714. The van der Waals surface area contributed by atoms with Crippen LogP contribution in [-0.2, 0) is 9.59 Å². The Morgan fingerprint density at radius 3 is 2.50 bits per heavy atom. The molecule has 6 nitrogen and oxygen atoms in total.